The Morgan fingerprint density at radius 1 is 1.12 bits per heavy atom. The zero-order valence-corrected chi connectivity index (χ0v) is 24.7. The highest BCUT2D eigenvalue weighted by Crippen LogP contribution is 2.62. The van der Waals surface area contributed by atoms with Gasteiger partial charge >= 0.3 is 0 Å². The van der Waals surface area contributed by atoms with E-state index in [1.54, 1.807) is 56.6 Å². The van der Waals surface area contributed by atoms with E-state index in [9.17, 15) is 24.6 Å². The fraction of sp³-hybridized carbons (Fsp3) is 0.345. The van der Waals surface area contributed by atoms with Gasteiger partial charge in [-0.05, 0) is 70.9 Å². The number of aliphatic hydroxyl groups excluding tert-OH is 1. The van der Waals surface area contributed by atoms with Gasteiger partial charge in [0, 0.05) is 35.8 Å². The molecule has 3 atom stereocenters. The number of hydrogen-bond donors (Lipinski definition) is 3. The van der Waals surface area contributed by atoms with Gasteiger partial charge < -0.3 is 20.4 Å². The molecule has 42 heavy (non-hydrogen) atoms. The summed E-state index contributed by atoms with van der Waals surface area (Å²) in [6.07, 6.45) is 4.06. The number of fused-ring (bicyclic) bond motifs is 2. The number of rotatable bonds is 7. The lowest BCUT2D eigenvalue weighted by atomic mass is 9.98. The Balaban J connectivity index is 1.33. The average Bonchev–Trinajstić information content (AvgIpc) is 3.34. The summed E-state index contributed by atoms with van der Waals surface area (Å²) < 4.78 is 1.88. The summed E-state index contributed by atoms with van der Waals surface area (Å²) in [4.78, 5) is 54.0. The number of nitrogens with one attached hydrogen (secondary N) is 1. The Morgan fingerprint density at radius 3 is 2.57 bits per heavy atom. The van der Waals surface area contributed by atoms with Crippen molar-refractivity contribution in [2.24, 2.45) is 5.41 Å². The topological polar surface area (TPSA) is 163 Å². The van der Waals surface area contributed by atoms with Crippen LogP contribution in [0.3, 0.4) is 0 Å². The Labute approximate surface area is 248 Å². The van der Waals surface area contributed by atoms with Gasteiger partial charge in [0.2, 0.25) is 17.4 Å². The smallest absolute Gasteiger partial charge is 0.278 e. The molecule has 12 nitrogen and oxygen atoms in total. The third-order valence-corrected chi connectivity index (χ3v) is 8.59. The van der Waals surface area contributed by atoms with Crippen LogP contribution in [0.2, 0.25) is 0 Å². The number of piperidine rings is 1. The van der Waals surface area contributed by atoms with E-state index in [1.165, 1.54) is 9.58 Å². The molecular formula is C29H28BrN7O5. The Bertz CT molecular complexity index is 1770. The molecule has 1 aliphatic carbocycles. The van der Waals surface area contributed by atoms with Crippen LogP contribution < -0.4 is 5.32 Å². The number of anilines is 1. The molecule has 6 rings (SSSR count). The predicted molar refractivity (Wildman–Crippen MR) is 155 cm³/mol. The first-order chi connectivity index (χ1) is 19.9. The second-order valence-electron chi connectivity index (χ2n) is 11.2. The molecule has 0 bridgehead atoms. The molecule has 2 aliphatic rings. The monoisotopic (exact) mass is 633 g/mol. The van der Waals surface area contributed by atoms with Crippen LogP contribution in [0.15, 0.2) is 47.3 Å². The van der Waals surface area contributed by atoms with Gasteiger partial charge in [-0.2, -0.15) is 5.10 Å². The van der Waals surface area contributed by atoms with E-state index in [1.807, 2.05) is 6.92 Å². The van der Waals surface area contributed by atoms with Crippen molar-refractivity contribution in [1.82, 2.24) is 29.6 Å². The number of aryl methyl sites for hydroxylation is 2. The van der Waals surface area contributed by atoms with Crippen LogP contribution in [0.5, 0.6) is 0 Å². The van der Waals surface area contributed by atoms with Gasteiger partial charge in [-0.3, -0.25) is 19.1 Å². The first-order valence-electron chi connectivity index (χ1n) is 13.4. The van der Waals surface area contributed by atoms with Crippen molar-refractivity contribution >= 4 is 50.2 Å². The molecule has 0 radical (unpaired) electrons. The summed E-state index contributed by atoms with van der Waals surface area (Å²) in [6.45, 7) is 4.40. The molecule has 3 aromatic heterocycles. The third kappa shape index (κ3) is 4.67. The number of nitrogens with zero attached hydrogens (tertiary/aromatic N) is 6. The standard InChI is InChI=1S/C29H28BrN7O5/c1-15-4-7-23(30)33-26(15)34-27(41)29(42)14-28(3)9-22(28)37(29)24(40)12-36-20-6-5-17(18-10-31-16(2)32-11-18)8-19(20)25(35-36)21(39)13-38/h4-8,10-11,22,38,42H,9,12-14H2,1-3H3,(H,33,34,41)/t22-,28-,29-/m1/s1. The maximum absolute atomic E-state index is 13.9. The number of likely N-dealkylation sites (tertiary alicyclic amines) is 1. The predicted octanol–water partition coefficient (Wildman–Crippen LogP) is 2.78. The zero-order valence-electron chi connectivity index (χ0n) is 23.1. The molecular weight excluding hydrogens is 606 g/mol. The van der Waals surface area contributed by atoms with Gasteiger partial charge in [-0.15, -0.1) is 0 Å². The minimum absolute atomic E-state index is 0.0112. The summed E-state index contributed by atoms with van der Waals surface area (Å²) in [6, 6.07) is 8.46. The largest absolute Gasteiger partial charge is 0.388 e. The molecule has 1 aliphatic heterocycles. The van der Waals surface area contributed by atoms with E-state index < -0.39 is 35.3 Å². The molecule has 0 spiro atoms. The minimum Gasteiger partial charge on any atom is -0.388 e. The number of halogens is 1. The van der Waals surface area contributed by atoms with Gasteiger partial charge in [0.1, 0.15) is 35.1 Å². The lowest BCUT2D eigenvalue weighted by Crippen LogP contribution is -2.58. The molecule has 13 heteroatoms. The number of amides is 2. The number of pyridine rings is 1. The van der Waals surface area contributed by atoms with Crippen molar-refractivity contribution in [3.05, 3.63) is 64.4 Å². The van der Waals surface area contributed by atoms with Crippen LogP contribution in [-0.4, -0.2) is 75.8 Å². The minimum atomic E-state index is -2.10. The van der Waals surface area contributed by atoms with E-state index in [0.717, 1.165) is 11.1 Å². The van der Waals surface area contributed by atoms with Crippen LogP contribution in [0.4, 0.5) is 5.82 Å². The van der Waals surface area contributed by atoms with Crippen molar-refractivity contribution in [2.75, 3.05) is 11.9 Å². The SMILES string of the molecule is Cc1ncc(-c2ccc3c(c2)c(C(=O)CO)nn3CC(=O)N2[C@@H]3C[C@]3(C)C[C@@]2(O)C(=O)Nc2nc(Br)ccc2C)cn1. The normalized spacial score (nSPS) is 22.7. The maximum atomic E-state index is 13.9. The van der Waals surface area contributed by atoms with Gasteiger partial charge in [0.05, 0.1) is 5.52 Å². The average molecular weight is 634 g/mol. The van der Waals surface area contributed by atoms with Crippen molar-refractivity contribution in [2.45, 2.75) is 51.9 Å². The summed E-state index contributed by atoms with van der Waals surface area (Å²) in [5, 5.41) is 28.8. The summed E-state index contributed by atoms with van der Waals surface area (Å²) >= 11 is 3.29. The summed E-state index contributed by atoms with van der Waals surface area (Å²) in [7, 11) is 0. The molecule has 3 N–H and O–H groups in total. The molecule has 1 aromatic carbocycles. The van der Waals surface area contributed by atoms with E-state index in [4.69, 9.17) is 0 Å². The number of carbonyl (C=O) groups is 3. The Hall–Kier alpha value is -4.07. The highest BCUT2D eigenvalue weighted by molar-refractivity contribution is 9.10. The van der Waals surface area contributed by atoms with Gasteiger partial charge in [0.25, 0.3) is 5.91 Å². The van der Waals surface area contributed by atoms with Crippen molar-refractivity contribution < 1.29 is 24.6 Å². The highest BCUT2D eigenvalue weighted by atomic mass is 79.9. The molecule has 2 fully saturated rings. The van der Waals surface area contributed by atoms with E-state index in [0.29, 0.717) is 33.3 Å². The van der Waals surface area contributed by atoms with E-state index in [2.05, 4.69) is 41.3 Å². The molecule has 4 aromatic rings. The van der Waals surface area contributed by atoms with Gasteiger partial charge in [-0.1, -0.05) is 19.1 Å². The lowest BCUT2D eigenvalue weighted by Gasteiger charge is -2.35. The summed E-state index contributed by atoms with van der Waals surface area (Å²) in [5.41, 5.74) is 0.144. The number of aliphatic hydroxyl groups is 2. The van der Waals surface area contributed by atoms with Crippen LogP contribution in [0.1, 0.15) is 41.6 Å². The van der Waals surface area contributed by atoms with Crippen LogP contribution in [0, 0.1) is 19.3 Å². The van der Waals surface area contributed by atoms with Crippen molar-refractivity contribution in [3.63, 3.8) is 0 Å². The second kappa shape index (κ2) is 10.0. The number of Topliss-reactive ketones (excluding diaryl/α,β-unsaturated/α-hetero) is 1. The molecule has 2 amide bonds. The zero-order chi connectivity index (χ0) is 30.0. The number of aromatic nitrogens is 5. The van der Waals surface area contributed by atoms with Crippen molar-refractivity contribution in [1.29, 1.82) is 0 Å². The quantitative estimate of drug-likeness (QED) is 0.205. The van der Waals surface area contributed by atoms with Crippen LogP contribution in [0.25, 0.3) is 22.0 Å². The molecule has 1 saturated heterocycles. The maximum Gasteiger partial charge on any atom is 0.278 e. The third-order valence-electron chi connectivity index (χ3n) is 8.15. The fourth-order valence-electron chi connectivity index (χ4n) is 5.80. The van der Waals surface area contributed by atoms with Gasteiger partial charge in [0.15, 0.2) is 0 Å². The second-order valence-corrected chi connectivity index (χ2v) is 12.0. The lowest BCUT2D eigenvalue weighted by molar-refractivity contribution is -0.168. The van der Waals surface area contributed by atoms with Crippen LogP contribution >= 0.6 is 15.9 Å². The van der Waals surface area contributed by atoms with E-state index >= 15 is 0 Å². The first kappa shape index (κ1) is 28.1. The molecule has 216 valence electrons. The Kier molecular flexibility index (Phi) is 6.71. The molecule has 1 saturated carbocycles. The Morgan fingerprint density at radius 2 is 1.86 bits per heavy atom. The first-order valence-corrected chi connectivity index (χ1v) is 14.2. The van der Waals surface area contributed by atoms with E-state index in [-0.39, 0.29) is 30.5 Å². The molecule has 0 unspecified atom stereocenters. The number of carbonyl (C=O) groups excluding carboxylic acids is 3. The van der Waals surface area contributed by atoms with Crippen LogP contribution in [-0.2, 0) is 16.1 Å². The number of benzene rings is 1. The number of ketones is 1. The molecule has 4 heterocycles. The highest BCUT2D eigenvalue weighted by Gasteiger charge is 2.71. The summed E-state index contributed by atoms with van der Waals surface area (Å²) in [5.74, 6) is -0.980. The fourth-order valence-corrected chi connectivity index (χ4v) is 6.11. The number of hydrogen-bond acceptors (Lipinski definition) is 9. The van der Waals surface area contributed by atoms with Gasteiger partial charge in [-0.25, -0.2) is 15.0 Å². The van der Waals surface area contributed by atoms with Crippen molar-refractivity contribution in [3.8, 4) is 11.1 Å².